The average molecular weight is 628 g/mol. The van der Waals surface area contributed by atoms with Gasteiger partial charge in [-0.2, -0.15) is 13.2 Å². The molecular formula is C35H32F3N5O3. The van der Waals surface area contributed by atoms with Gasteiger partial charge in [-0.1, -0.05) is 24.3 Å². The van der Waals surface area contributed by atoms with Crippen LogP contribution in [0.1, 0.15) is 82.3 Å². The summed E-state index contributed by atoms with van der Waals surface area (Å²) in [4.78, 5) is 50.4. The third-order valence-corrected chi connectivity index (χ3v) is 9.44. The van der Waals surface area contributed by atoms with Crippen molar-refractivity contribution in [2.24, 2.45) is 5.92 Å². The first-order valence-electron chi connectivity index (χ1n) is 15.5. The lowest BCUT2D eigenvalue weighted by Gasteiger charge is -2.37. The van der Waals surface area contributed by atoms with Crippen LogP contribution in [0.4, 0.5) is 24.5 Å². The van der Waals surface area contributed by atoms with Gasteiger partial charge in [0.2, 0.25) is 5.91 Å². The number of fused-ring (bicyclic) bond motifs is 2. The Balaban J connectivity index is 1.04. The van der Waals surface area contributed by atoms with Gasteiger partial charge in [0.05, 0.1) is 34.0 Å². The largest absolute Gasteiger partial charge is 0.413 e. The molecule has 236 valence electrons. The molecule has 3 aliphatic rings. The standard InChI is InChI=1S/C35H32F3N5O3/c1-42(32(44)22-12-16-24(17-13-22)43-33(45)25-5-2-3-6-26(25)34(43)46)31(35(36,37)38)21-10-14-23(15-11-21)41-28-19-40-27-7-4-18-39-30(27)29(28)20-8-9-20/h2-7,10-11,14-15,18-20,22,24,31,41H,8-9,12-13,16-17H2,1H3/t22?,24?,31-/m1/s1. The molecular weight excluding hydrogens is 595 g/mol. The van der Waals surface area contributed by atoms with E-state index in [1.165, 1.54) is 24.1 Å². The summed E-state index contributed by atoms with van der Waals surface area (Å²) in [5, 5.41) is 3.32. The summed E-state index contributed by atoms with van der Waals surface area (Å²) in [6.07, 6.45) is 2.12. The number of anilines is 2. The van der Waals surface area contributed by atoms with Crippen molar-refractivity contribution in [1.82, 2.24) is 19.8 Å². The first-order valence-corrected chi connectivity index (χ1v) is 15.5. The molecule has 7 rings (SSSR count). The molecule has 0 unspecified atom stereocenters. The van der Waals surface area contributed by atoms with Gasteiger partial charge in [0.1, 0.15) is 0 Å². The molecule has 4 aromatic rings. The van der Waals surface area contributed by atoms with Crippen LogP contribution in [0.15, 0.2) is 73.1 Å². The molecule has 0 spiro atoms. The lowest BCUT2D eigenvalue weighted by atomic mass is 9.84. The van der Waals surface area contributed by atoms with Crippen molar-refractivity contribution in [2.75, 3.05) is 12.4 Å². The van der Waals surface area contributed by atoms with Crippen LogP contribution in [0, 0.1) is 5.92 Å². The SMILES string of the molecule is CN(C(=O)C1CCC(N2C(=O)c3ccccc3C2=O)CC1)[C@H](c1ccc(Nc2cnc3cccnc3c2C2CC2)cc1)C(F)(F)F. The van der Waals surface area contributed by atoms with Gasteiger partial charge in [-0.05, 0) is 86.4 Å². The molecule has 46 heavy (non-hydrogen) atoms. The molecule has 2 aromatic heterocycles. The highest BCUT2D eigenvalue weighted by Crippen LogP contribution is 2.46. The van der Waals surface area contributed by atoms with Crippen LogP contribution in [-0.4, -0.2) is 56.8 Å². The Morgan fingerprint density at radius 2 is 1.54 bits per heavy atom. The molecule has 2 saturated carbocycles. The highest BCUT2D eigenvalue weighted by Gasteiger charge is 2.47. The molecule has 0 radical (unpaired) electrons. The quantitative estimate of drug-likeness (QED) is 0.219. The summed E-state index contributed by atoms with van der Waals surface area (Å²) < 4.78 is 43.5. The number of hydrogen-bond acceptors (Lipinski definition) is 6. The van der Waals surface area contributed by atoms with Crippen molar-refractivity contribution >= 4 is 40.1 Å². The van der Waals surface area contributed by atoms with Crippen LogP contribution in [0.3, 0.4) is 0 Å². The Kier molecular flexibility index (Phi) is 7.49. The van der Waals surface area contributed by atoms with Crippen molar-refractivity contribution < 1.29 is 27.6 Å². The van der Waals surface area contributed by atoms with Crippen molar-refractivity contribution in [3.8, 4) is 0 Å². The van der Waals surface area contributed by atoms with E-state index in [9.17, 15) is 27.6 Å². The van der Waals surface area contributed by atoms with Gasteiger partial charge in [-0.25, -0.2) is 0 Å². The van der Waals surface area contributed by atoms with Gasteiger partial charge < -0.3 is 10.2 Å². The zero-order valence-corrected chi connectivity index (χ0v) is 25.1. The molecule has 1 aliphatic heterocycles. The van der Waals surface area contributed by atoms with E-state index in [0.29, 0.717) is 35.6 Å². The highest BCUT2D eigenvalue weighted by molar-refractivity contribution is 6.21. The average Bonchev–Trinajstić information content (AvgIpc) is 3.86. The summed E-state index contributed by atoms with van der Waals surface area (Å²) >= 11 is 0. The van der Waals surface area contributed by atoms with Crippen molar-refractivity contribution in [2.45, 2.75) is 62.7 Å². The van der Waals surface area contributed by atoms with Gasteiger partial charge in [0.25, 0.3) is 11.8 Å². The number of carbonyl (C=O) groups is 3. The molecule has 1 atom stereocenters. The van der Waals surface area contributed by atoms with E-state index in [4.69, 9.17) is 0 Å². The van der Waals surface area contributed by atoms with Crippen LogP contribution in [0.2, 0.25) is 0 Å². The minimum atomic E-state index is -4.70. The molecule has 3 amide bonds. The Hall–Kier alpha value is -4.80. The van der Waals surface area contributed by atoms with E-state index < -0.39 is 30.1 Å². The maximum atomic E-state index is 14.5. The maximum Gasteiger partial charge on any atom is 0.413 e. The van der Waals surface area contributed by atoms with E-state index >= 15 is 0 Å². The third kappa shape index (κ3) is 5.37. The van der Waals surface area contributed by atoms with Gasteiger partial charge in [-0.15, -0.1) is 0 Å². The van der Waals surface area contributed by atoms with Crippen molar-refractivity contribution in [3.63, 3.8) is 0 Å². The lowest BCUT2D eigenvalue weighted by Crippen LogP contribution is -2.46. The summed E-state index contributed by atoms with van der Waals surface area (Å²) in [5.74, 6) is -1.61. The molecule has 11 heteroatoms. The van der Waals surface area contributed by atoms with Gasteiger partial charge in [0.15, 0.2) is 6.04 Å². The number of aromatic nitrogens is 2. The van der Waals surface area contributed by atoms with E-state index in [2.05, 4.69) is 15.3 Å². The number of alkyl halides is 3. The smallest absolute Gasteiger partial charge is 0.354 e. The normalized spacial score (nSPS) is 20.5. The second-order valence-electron chi connectivity index (χ2n) is 12.4. The number of benzene rings is 2. The fourth-order valence-electron chi connectivity index (χ4n) is 7.00. The number of halogens is 3. The van der Waals surface area contributed by atoms with Crippen molar-refractivity contribution in [3.05, 3.63) is 95.3 Å². The third-order valence-electron chi connectivity index (χ3n) is 9.44. The van der Waals surface area contributed by atoms with Crippen LogP contribution >= 0.6 is 0 Å². The summed E-state index contributed by atoms with van der Waals surface area (Å²) in [6, 6.07) is 13.8. The Morgan fingerprint density at radius 3 is 2.15 bits per heavy atom. The Morgan fingerprint density at radius 1 is 0.891 bits per heavy atom. The van der Waals surface area contributed by atoms with Gasteiger partial charge >= 0.3 is 6.18 Å². The second-order valence-corrected chi connectivity index (χ2v) is 12.4. The van der Waals surface area contributed by atoms with Crippen LogP contribution in [0.25, 0.3) is 11.0 Å². The molecule has 0 bridgehead atoms. The number of carbonyl (C=O) groups excluding carboxylic acids is 3. The number of amides is 3. The van der Waals surface area contributed by atoms with Crippen LogP contribution in [0.5, 0.6) is 0 Å². The van der Waals surface area contributed by atoms with Gasteiger partial charge in [0, 0.05) is 36.5 Å². The zero-order valence-electron chi connectivity index (χ0n) is 25.1. The Labute approximate surface area is 263 Å². The first-order chi connectivity index (χ1) is 22.1. The molecule has 2 aliphatic carbocycles. The highest BCUT2D eigenvalue weighted by atomic mass is 19.4. The number of nitrogens with zero attached hydrogens (tertiary/aromatic N) is 4. The topological polar surface area (TPSA) is 95.5 Å². The minimum absolute atomic E-state index is 0.0469. The number of hydrogen-bond donors (Lipinski definition) is 1. The Bertz CT molecular complexity index is 1800. The molecule has 3 heterocycles. The van der Waals surface area contributed by atoms with Crippen molar-refractivity contribution in [1.29, 1.82) is 0 Å². The van der Waals surface area contributed by atoms with E-state index in [1.807, 2.05) is 12.1 Å². The van der Waals surface area contributed by atoms with Crippen LogP contribution < -0.4 is 5.32 Å². The fraction of sp³-hybridized carbons (Fsp3) is 0.343. The first kappa shape index (κ1) is 29.9. The zero-order chi connectivity index (χ0) is 32.2. The monoisotopic (exact) mass is 627 g/mol. The molecule has 2 aromatic carbocycles. The number of pyridine rings is 2. The summed E-state index contributed by atoms with van der Waals surface area (Å²) in [7, 11) is 1.19. The molecule has 0 saturated heterocycles. The second kappa shape index (κ2) is 11.5. The predicted octanol–water partition coefficient (Wildman–Crippen LogP) is 7.17. The molecule has 8 nitrogen and oxygen atoms in total. The van der Waals surface area contributed by atoms with Crippen LogP contribution in [-0.2, 0) is 4.79 Å². The minimum Gasteiger partial charge on any atom is -0.354 e. The summed E-state index contributed by atoms with van der Waals surface area (Å²) in [5.41, 5.74) is 4.72. The maximum absolute atomic E-state index is 14.5. The van der Waals surface area contributed by atoms with E-state index in [1.54, 1.807) is 48.8 Å². The van der Waals surface area contributed by atoms with E-state index in [0.717, 1.165) is 40.0 Å². The fourth-order valence-corrected chi connectivity index (χ4v) is 7.00. The van der Waals surface area contributed by atoms with Gasteiger partial charge in [-0.3, -0.25) is 29.3 Å². The number of imide groups is 1. The van der Waals surface area contributed by atoms with E-state index in [-0.39, 0.29) is 30.2 Å². The number of rotatable bonds is 7. The summed E-state index contributed by atoms with van der Waals surface area (Å²) in [6.45, 7) is 0. The molecule has 1 N–H and O–H groups in total. The molecule has 2 fully saturated rings. The number of nitrogens with one attached hydrogen (secondary N) is 1. The predicted molar refractivity (Wildman–Crippen MR) is 165 cm³/mol. The lowest BCUT2D eigenvalue weighted by molar-refractivity contribution is -0.191.